The van der Waals surface area contributed by atoms with E-state index in [0.717, 1.165) is 0 Å². The predicted octanol–water partition coefficient (Wildman–Crippen LogP) is -0.150. The van der Waals surface area contributed by atoms with Crippen molar-refractivity contribution in [3.8, 4) is 5.75 Å². The smallest absolute Gasteiger partial charge is 0.323 e. The molecule has 0 spiro atoms. The summed E-state index contributed by atoms with van der Waals surface area (Å²) < 4.78 is 5.32. The van der Waals surface area contributed by atoms with Gasteiger partial charge in [0.15, 0.2) is 0 Å². The molecule has 0 fully saturated rings. The van der Waals surface area contributed by atoms with Crippen LogP contribution in [0.15, 0.2) is 30.3 Å². The van der Waals surface area contributed by atoms with E-state index in [0.29, 0.717) is 5.75 Å². The molecule has 3 atom stereocenters. The van der Waals surface area contributed by atoms with Crippen molar-refractivity contribution in [3.05, 3.63) is 30.3 Å². The van der Waals surface area contributed by atoms with E-state index in [1.54, 1.807) is 12.1 Å². The van der Waals surface area contributed by atoms with Gasteiger partial charge in [0, 0.05) is 6.54 Å². The average Bonchev–Trinajstić information content (AvgIpc) is 2.37. The largest absolute Gasteiger partial charge is 0.491 e. The first-order valence-electron chi connectivity index (χ1n) is 6.01. The monoisotopic (exact) mass is 269 g/mol. The summed E-state index contributed by atoms with van der Waals surface area (Å²) in [6, 6.07) is 7.89. The molecule has 0 aliphatic rings. The van der Waals surface area contributed by atoms with Crippen molar-refractivity contribution in [1.29, 1.82) is 0 Å². The second kappa shape index (κ2) is 7.73. The Kier molecular flexibility index (Phi) is 6.27. The van der Waals surface area contributed by atoms with Gasteiger partial charge in [-0.15, -0.1) is 0 Å². The Bertz CT molecular complexity index is 382. The zero-order valence-electron chi connectivity index (χ0n) is 10.7. The molecule has 1 rings (SSSR count). The minimum atomic E-state index is -1.16. The molecule has 0 aliphatic heterocycles. The molecule has 0 heterocycles. The Morgan fingerprint density at radius 1 is 1.32 bits per heavy atom. The summed E-state index contributed by atoms with van der Waals surface area (Å²) in [7, 11) is 0. The third-order valence-electron chi connectivity index (χ3n) is 2.51. The van der Waals surface area contributed by atoms with Gasteiger partial charge in [-0.3, -0.25) is 10.1 Å². The van der Waals surface area contributed by atoms with Gasteiger partial charge in [-0.05, 0) is 19.1 Å². The van der Waals surface area contributed by atoms with Gasteiger partial charge in [-0.25, -0.2) is 0 Å². The molecule has 106 valence electrons. The van der Waals surface area contributed by atoms with Gasteiger partial charge in [-0.2, -0.15) is 0 Å². The van der Waals surface area contributed by atoms with E-state index in [2.05, 4.69) is 5.32 Å². The number of hydrogen-bond donors (Lipinski definition) is 4. The molecule has 0 unspecified atom stereocenters. The number of rotatable bonds is 8. The molecule has 0 saturated heterocycles. The second-order valence-electron chi connectivity index (χ2n) is 4.24. The summed E-state index contributed by atoms with van der Waals surface area (Å²) in [6.45, 7) is 1.44. The summed E-state index contributed by atoms with van der Waals surface area (Å²) in [4.78, 5) is 10.8. The summed E-state index contributed by atoms with van der Waals surface area (Å²) >= 11 is 0. The van der Waals surface area contributed by atoms with Crippen molar-refractivity contribution in [1.82, 2.24) is 5.32 Å². The molecule has 0 bridgehead atoms. The number of para-hydroxylation sites is 1. The zero-order chi connectivity index (χ0) is 14.3. The van der Waals surface area contributed by atoms with Gasteiger partial charge < -0.3 is 20.1 Å². The molecule has 0 aliphatic carbocycles. The van der Waals surface area contributed by atoms with Crippen LogP contribution in [0.25, 0.3) is 0 Å². The van der Waals surface area contributed by atoms with E-state index >= 15 is 0 Å². The van der Waals surface area contributed by atoms with Crippen LogP contribution in [-0.2, 0) is 4.79 Å². The van der Waals surface area contributed by atoms with Crippen LogP contribution in [0.5, 0.6) is 5.75 Å². The Hall–Kier alpha value is -1.63. The van der Waals surface area contributed by atoms with Gasteiger partial charge in [0.2, 0.25) is 0 Å². The lowest BCUT2D eigenvalue weighted by Gasteiger charge is -2.19. The molecule has 0 amide bonds. The zero-order valence-corrected chi connectivity index (χ0v) is 10.7. The Labute approximate surface area is 111 Å². The number of nitrogens with one attached hydrogen (secondary N) is 1. The lowest BCUT2D eigenvalue weighted by Crippen LogP contribution is -2.48. The van der Waals surface area contributed by atoms with Crippen molar-refractivity contribution < 1.29 is 24.9 Å². The predicted molar refractivity (Wildman–Crippen MR) is 69.1 cm³/mol. The maximum Gasteiger partial charge on any atom is 0.323 e. The van der Waals surface area contributed by atoms with E-state index in [4.69, 9.17) is 9.84 Å². The minimum Gasteiger partial charge on any atom is -0.491 e. The van der Waals surface area contributed by atoms with Crippen LogP contribution in [-0.4, -0.2) is 52.7 Å². The Morgan fingerprint density at radius 2 is 1.95 bits per heavy atom. The third-order valence-corrected chi connectivity index (χ3v) is 2.51. The summed E-state index contributed by atoms with van der Waals surface area (Å²) in [5.41, 5.74) is 0. The molecule has 0 aromatic heterocycles. The number of ether oxygens (including phenoxy) is 1. The van der Waals surface area contributed by atoms with Gasteiger partial charge in [0.1, 0.15) is 24.5 Å². The summed E-state index contributed by atoms with van der Waals surface area (Å²) in [6.07, 6.45) is -1.90. The first-order valence-corrected chi connectivity index (χ1v) is 6.01. The van der Waals surface area contributed by atoms with Gasteiger partial charge in [-0.1, -0.05) is 18.2 Å². The Balaban J connectivity index is 2.31. The molecule has 4 N–H and O–H groups in total. The third kappa shape index (κ3) is 5.69. The van der Waals surface area contributed by atoms with E-state index in [9.17, 15) is 15.0 Å². The fourth-order valence-electron chi connectivity index (χ4n) is 1.50. The molecule has 0 radical (unpaired) electrons. The Morgan fingerprint density at radius 3 is 2.47 bits per heavy atom. The molecule has 19 heavy (non-hydrogen) atoms. The van der Waals surface area contributed by atoms with Crippen LogP contribution in [0.2, 0.25) is 0 Å². The van der Waals surface area contributed by atoms with E-state index in [-0.39, 0.29) is 13.2 Å². The molecular formula is C13H19NO5. The van der Waals surface area contributed by atoms with E-state index in [1.165, 1.54) is 6.92 Å². The number of hydrogen-bond acceptors (Lipinski definition) is 5. The molecular weight excluding hydrogens is 250 g/mol. The van der Waals surface area contributed by atoms with E-state index < -0.39 is 24.2 Å². The standard InChI is InChI=1S/C13H19NO5/c1-9(15)12(13(17)18)14-7-10(16)8-19-11-5-3-2-4-6-11/h2-6,9-10,12,14-16H,7-8H2,1H3,(H,17,18)/t9-,10-,12+/m0/s1. The SMILES string of the molecule is C[C@H](O)[C@@H](NC[C@H](O)COc1ccccc1)C(=O)O. The minimum absolute atomic E-state index is 0.0225. The highest BCUT2D eigenvalue weighted by Gasteiger charge is 2.23. The van der Waals surface area contributed by atoms with Crippen molar-refractivity contribution in [2.24, 2.45) is 0 Å². The first-order chi connectivity index (χ1) is 9.00. The molecule has 1 aromatic rings. The summed E-state index contributed by atoms with van der Waals surface area (Å²) in [5, 5.41) is 30.3. The van der Waals surface area contributed by atoms with Crippen molar-refractivity contribution >= 4 is 5.97 Å². The van der Waals surface area contributed by atoms with E-state index in [1.807, 2.05) is 18.2 Å². The van der Waals surface area contributed by atoms with Gasteiger partial charge in [0.25, 0.3) is 0 Å². The number of carboxylic acid groups (broad SMARTS) is 1. The number of carbonyl (C=O) groups is 1. The van der Waals surface area contributed by atoms with Crippen LogP contribution in [0.1, 0.15) is 6.92 Å². The van der Waals surface area contributed by atoms with Crippen molar-refractivity contribution in [3.63, 3.8) is 0 Å². The highest BCUT2D eigenvalue weighted by molar-refractivity contribution is 5.74. The first kappa shape index (κ1) is 15.4. The molecule has 0 saturated carbocycles. The second-order valence-corrected chi connectivity index (χ2v) is 4.24. The highest BCUT2D eigenvalue weighted by atomic mass is 16.5. The van der Waals surface area contributed by atoms with Crippen molar-refractivity contribution in [2.45, 2.75) is 25.2 Å². The topological polar surface area (TPSA) is 99.0 Å². The normalized spacial score (nSPS) is 15.5. The van der Waals surface area contributed by atoms with Crippen LogP contribution in [0.3, 0.4) is 0 Å². The number of carboxylic acids is 1. The molecule has 6 nitrogen and oxygen atoms in total. The number of aliphatic hydroxyl groups excluding tert-OH is 2. The number of benzene rings is 1. The maximum absolute atomic E-state index is 10.8. The fraction of sp³-hybridized carbons (Fsp3) is 0.462. The number of aliphatic hydroxyl groups is 2. The fourth-order valence-corrected chi connectivity index (χ4v) is 1.50. The number of aliphatic carboxylic acids is 1. The van der Waals surface area contributed by atoms with Crippen LogP contribution < -0.4 is 10.1 Å². The summed E-state index contributed by atoms with van der Waals surface area (Å²) in [5.74, 6) is -0.530. The lowest BCUT2D eigenvalue weighted by molar-refractivity contribution is -0.142. The quantitative estimate of drug-likeness (QED) is 0.524. The maximum atomic E-state index is 10.8. The highest BCUT2D eigenvalue weighted by Crippen LogP contribution is 2.08. The van der Waals surface area contributed by atoms with Crippen LogP contribution >= 0.6 is 0 Å². The van der Waals surface area contributed by atoms with Gasteiger partial charge >= 0.3 is 5.97 Å². The molecule has 6 heteroatoms. The lowest BCUT2D eigenvalue weighted by atomic mass is 10.2. The average molecular weight is 269 g/mol. The van der Waals surface area contributed by atoms with Gasteiger partial charge in [0.05, 0.1) is 6.10 Å². The van der Waals surface area contributed by atoms with Crippen molar-refractivity contribution in [2.75, 3.05) is 13.2 Å². The molecule has 1 aromatic carbocycles. The van der Waals surface area contributed by atoms with Crippen LogP contribution in [0, 0.1) is 0 Å². The van der Waals surface area contributed by atoms with Crippen LogP contribution in [0.4, 0.5) is 0 Å².